The largest absolute Gasteiger partial charge is 0.356 e. The van der Waals surface area contributed by atoms with E-state index in [0.29, 0.717) is 6.42 Å². The zero-order chi connectivity index (χ0) is 18.6. The van der Waals surface area contributed by atoms with Gasteiger partial charge in [0.05, 0.1) is 5.69 Å². The minimum Gasteiger partial charge on any atom is -0.356 e. The number of nitrogens with zero attached hydrogens (tertiary/aromatic N) is 1. The summed E-state index contributed by atoms with van der Waals surface area (Å²) in [5.74, 6) is -1.30. The molecule has 0 aliphatic carbocycles. The van der Waals surface area contributed by atoms with Crippen LogP contribution in [-0.4, -0.2) is 39.3 Å². The highest BCUT2D eigenvalue weighted by Crippen LogP contribution is 2.30. The third-order valence-corrected chi connectivity index (χ3v) is 4.10. The Morgan fingerprint density at radius 2 is 1.60 bits per heavy atom. The monoisotopic (exact) mass is 355 g/mol. The van der Waals surface area contributed by atoms with Gasteiger partial charge < -0.3 is 23.5 Å². The van der Waals surface area contributed by atoms with E-state index in [4.69, 9.17) is 18.9 Å². The van der Waals surface area contributed by atoms with Crippen molar-refractivity contribution < 1.29 is 27.7 Å². The van der Waals surface area contributed by atoms with Gasteiger partial charge in [-0.25, -0.2) is 8.78 Å². The molecule has 0 bridgehead atoms. The second-order valence-corrected chi connectivity index (χ2v) is 5.52. The van der Waals surface area contributed by atoms with Crippen LogP contribution < -0.4 is 0 Å². The molecule has 1 aromatic heterocycles. The van der Waals surface area contributed by atoms with Crippen LogP contribution in [0.15, 0.2) is 24.3 Å². The van der Waals surface area contributed by atoms with Crippen molar-refractivity contribution in [2.24, 2.45) is 0 Å². The van der Waals surface area contributed by atoms with Crippen molar-refractivity contribution in [3.05, 3.63) is 52.9 Å². The molecule has 0 fully saturated rings. The summed E-state index contributed by atoms with van der Waals surface area (Å²) < 4.78 is 50.5. The number of methoxy groups -OCH3 is 4. The van der Waals surface area contributed by atoms with Gasteiger partial charge in [0.2, 0.25) is 0 Å². The summed E-state index contributed by atoms with van der Waals surface area (Å²) in [6, 6.07) is 5.32. The average Bonchev–Trinajstić information content (AvgIpc) is 2.90. The molecule has 0 aliphatic heterocycles. The van der Waals surface area contributed by atoms with Gasteiger partial charge >= 0.3 is 0 Å². The standard InChI is InChI=1S/C18H23F2NO4/c1-11-14(18(24-4)25-5)9-13(10-17(22-2)23-3)21(11)16-7-6-12(19)8-15(16)20/h6-9,17-18H,10H2,1-5H3. The highest BCUT2D eigenvalue weighted by atomic mass is 19.1. The molecule has 0 N–H and O–H groups in total. The molecule has 0 aliphatic rings. The van der Waals surface area contributed by atoms with E-state index < -0.39 is 24.2 Å². The average molecular weight is 355 g/mol. The van der Waals surface area contributed by atoms with Crippen LogP contribution >= 0.6 is 0 Å². The Morgan fingerprint density at radius 1 is 0.960 bits per heavy atom. The molecule has 1 heterocycles. The van der Waals surface area contributed by atoms with Crippen molar-refractivity contribution in [1.82, 2.24) is 4.57 Å². The van der Waals surface area contributed by atoms with Gasteiger partial charge in [0, 0.05) is 57.9 Å². The summed E-state index contributed by atoms with van der Waals surface area (Å²) in [5.41, 5.74) is 2.43. The first-order chi connectivity index (χ1) is 12.0. The zero-order valence-electron chi connectivity index (χ0n) is 15.0. The SMILES string of the molecule is COC(Cc1cc(C(OC)OC)c(C)n1-c1ccc(F)cc1F)OC. The molecule has 0 saturated heterocycles. The Hall–Kier alpha value is -1.80. The van der Waals surface area contributed by atoms with Crippen molar-refractivity contribution in [1.29, 1.82) is 0 Å². The first kappa shape index (κ1) is 19.5. The first-order valence-corrected chi connectivity index (χ1v) is 7.74. The van der Waals surface area contributed by atoms with Gasteiger partial charge in [-0.15, -0.1) is 0 Å². The number of rotatable bonds is 8. The minimum atomic E-state index is -0.663. The van der Waals surface area contributed by atoms with E-state index in [9.17, 15) is 8.78 Å². The third-order valence-electron chi connectivity index (χ3n) is 4.10. The summed E-state index contributed by atoms with van der Waals surface area (Å²) in [6.45, 7) is 1.82. The van der Waals surface area contributed by atoms with E-state index in [1.165, 1.54) is 40.6 Å². The van der Waals surface area contributed by atoms with Crippen LogP contribution in [0.2, 0.25) is 0 Å². The predicted octanol–water partition coefficient (Wildman–Crippen LogP) is 3.52. The van der Waals surface area contributed by atoms with E-state index >= 15 is 0 Å². The topological polar surface area (TPSA) is 41.9 Å². The lowest BCUT2D eigenvalue weighted by molar-refractivity contribution is -0.106. The zero-order valence-corrected chi connectivity index (χ0v) is 15.0. The van der Waals surface area contributed by atoms with Crippen LogP contribution in [0.3, 0.4) is 0 Å². The number of hydrogen-bond acceptors (Lipinski definition) is 4. The molecule has 0 atom stereocenters. The van der Waals surface area contributed by atoms with Gasteiger partial charge in [0.1, 0.15) is 11.6 Å². The van der Waals surface area contributed by atoms with E-state index in [-0.39, 0.29) is 5.69 Å². The molecule has 0 saturated carbocycles. The summed E-state index contributed by atoms with van der Waals surface area (Å²) in [5, 5.41) is 0. The van der Waals surface area contributed by atoms with Crippen LogP contribution in [0.5, 0.6) is 0 Å². The molecule has 0 radical (unpaired) electrons. The van der Waals surface area contributed by atoms with Gasteiger partial charge in [-0.2, -0.15) is 0 Å². The van der Waals surface area contributed by atoms with Crippen molar-refractivity contribution in [2.75, 3.05) is 28.4 Å². The fourth-order valence-corrected chi connectivity index (χ4v) is 2.86. The van der Waals surface area contributed by atoms with Gasteiger partial charge in [0.25, 0.3) is 0 Å². The van der Waals surface area contributed by atoms with Crippen LogP contribution in [0, 0.1) is 18.6 Å². The Morgan fingerprint density at radius 3 is 2.12 bits per heavy atom. The highest BCUT2D eigenvalue weighted by molar-refractivity contribution is 5.43. The van der Waals surface area contributed by atoms with Gasteiger partial charge in [0.15, 0.2) is 12.6 Å². The Labute approximate surface area is 146 Å². The molecule has 0 unspecified atom stereocenters. The number of benzene rings is 1. The highest BCUT2D eigenvalue weighted by Gasteiger charge is 2.23. The second-order valence-electron chi connectivity index (χ2n) is 5.52. The van der Waals surface area contributed by atoms with Crippen LogP contribution in [-0.2, 0) is 25.4 Å². The number of ether oxygens (including phenoxy) is 4. The van der Waals surface area contributed by atoms with E-state index in [0.717, 1.165) is 23.0 Å². The molecular formula is C18H23F2NO4. The third kappa shape index (κ3) is 4.07. The molecule has 25 heavy (non-hydrogen) atoms. The molecule has 138 valence electrons. The number of halogens is 2. The van der Waals surface area contributed by atoms with Gasteiger partial charge in [-0.1, -0.05) is 0 Å². The maximum Gasteiger partial charge on any atom is 0.184 e. The molecule has 2 rings (SSSR count). The smallest absolute Gasteiger partial charge is 0.184 e. The lowest BCUT2D eigenvalue weighted by Gasteiger charge is -2.17. The van der Waals surface area contributed by atoms with Crippen LogP contribution in [0.1, 0.15) is 23.2 Å². The van der Waals surface area contributed by atoms with Crippen molar-refractivity contribution in [2.45, 2.75) is 25.9 Å². The quantitative estimate of drug-likeness (QED) is 0.680. The molecule has 0 spiro atoms. The fourth-order valence-electron chi connectivity index (χ4n) is 2.86. The molecular weight excluding hydrogens is 332 g/mol. The van der Waals surface area contributed by atoms with Crippen molar-refractivity contribution >= 4 is 0 Å². The normalized spacial score (nSPS) is 11.7. The van der Waals surface area contributed by atoms with Gasteiger partial charge in [-0.05, 0) is 25.1 Å². The maximum atomic E-state index is 14.4. The predicted molar refractivity (Wildman–Crippen MR) is 88.7 cm³/mol. The van der Waals surface area contributed by atoms with E-state index in [2.05, 4.69) is 0 Å². The summed E-state index contributed by atoms with van der Waals surface area (Å²) in [7, 11) is 6.11. The second kappa shape index (κ2) is 8.53. The van der Waals surface area contributed by atoms with Crippen molar-refractivity contribution in [3.63, 3.8) is 0 Å². The molecule has 1 aromatic carbocycles. The lowest BCUT2D eigenvalue weighted by atomic mass is 10.2. The Balaban J connectivity index is 2.61. The van der Waals surface area contributed by atoms with E-state index in [1.807, 2.05) is 13.0 Å². The van der Waals surface area contributed by atoms with Gasteiger partial charge in [-0.3, -0.25) is 0 Å². The minimum absolute atomic E-state index is 0.233. The maximum absolute atomic E-state index is 14.4. The summed E-state index contributed by atoms with van der Waals surface area (Å²) in [4.78, 5) is 0. The lowest BCUT2D eigenvalue weighted by Crippen LogP contribution is -2.18. The van der Waals surface area contributed by atoms with Crippen LogP contribution in [0.25, 0.3) is 5.69 Å². The summed E-state index contributed by atoms with van der Waals surface area (Å²) in [6.07, 6.45) is -0.745. The summed E-state index contributed by atoms with van der Waals surface area (Å²) >= 11 is 0. The molecule has 5 nitrogen and oxygen atoms in total. The first-order valence-electron chi connectivity index (χ1n) is 7.74. The Bertz CT molecular complexity index is 709. The Kier molecular flexibility index (Phi) is 6.66. The molecule has 0 amide bonds. The van der Waals surface area contributed by atoms with Crippen LogP contribution in [0.4, 0.5) is 8.78 Å². The number of aromatic nitrogens is 1. The molecule has 7 heteroatoms. The van der Waals surface area contributed by atoms with E-state index in [1.54, 1.807) is 4.57 Å². The van der Waals surface area contributed by atoms with Crippen molar-refractivity contribution in [3.8, 4) is 5.69 Å². The number of hydrogen-bond donors (Lipinski definition) is 0. The fraction of sp³-hybridized carbons (Fsp3) is 0.444. The molecule has 2 aromatic rings.